The van der Waals surface area contributed by atoms with Gasteiger partial charge in [-0.05, 0) is 92.0 Å². The molecule has 9 rings (SSSR count). The monoisotopic (exact) mass is 716 g/mol. The van der Waals surface area contributed by atoms with E-state index in [0.29, 0.717) is 0 Å². The second-order valence-electron chi connectivity index (χ2n) is 14.0. The molecule has 266 valence electrons. The van der Waals surface area contributed by atoms with Crippen molar-refractivity contribution < 1.29 is 0 Å². The van der Waals surface area contributed by atoms with Crippen LogP contribution in [0.25, 0.3) is 66.8 Å². The Balaban J connectivity index is 0.852. The van der Waals surface area contributed by atoms with Crippen LogP contribution in [0.2, 0.25) is 0 Å². The van der Waals surface area contributed by atoms with Gasteiger partial charge in [0.2, 0.25) is 0 Å². The SMILES string of the molecule is c1ccc(-c2ccc(-c3ccccc3Nc3ccc(-c4ccc(-c5ccc(Nc6ccccc6-c6ccc(-c7ccccc7)cc6)cc5)cc4)cc3)cc2)cc1. The van der Waals surface area contributed by atoms with Gasteiger partial charge < -0.3 is 10.6 Å². The van der Waals surface area contributed by atoms with Crippen LogP contribution in [0.5, 0.6) is 0 Å². The normalized spacial score (nSPS) is 10.9. The van der Waals surface area contributed by atoms with Crippen LogP contribution < -0.4 is 10.6 Å². The Labute approximate surface area is 329 Å². The molecule has 2 nitrogen and oxygen atoms in total. The molecule has 2 heteroatoms. The summed E-state index contributed by atoms with van der Waals surface area (Å²) in [5.41, 5.74) is 18.6. The average molecular weight is 717 g/mol. The number of hydrogen-bond donors (Lipinski definition) is 2. The van der Waals surface area contributed by atoms with Gasteiger partial charge in [0, 0.05) is 33.9 Å². The Kier molecular flexibility index (Phi) is 9.75. The minimum atomic E-state index is 1.05. The molecule has 0 saturated carbocycles. The van der Waals surface area contributed by atoms with Gasteiger partial charge in [0.1, 0.15) is 0 Å². The van der Waals surface area contributed by atoms with Crippen molar-refractivity contribution in [2.24, 2.45) is 0 Å². The highest BCUT2D eigenvalue weighted by atomic mass is 14.9. The van der Waals surface area contributed by atoms with Crippen LogP contribution in [0.4, 0.5) is 22.7 Å². The van der Waals surface area contributed by atoms with Gasteiger partial charge in [0.25, 0.3) is 0 Å². The van der Waals surface area contributed by atoms with Crippen molar-refractivity contribution in [3.63, 3.8) is 0 Å². The molecule has 56 heavy (non-hydrogen) atoms. The van der Waals surface area contributed by atoms with E-state index in [2.05, 4.69) is 241 Å². The lowest BCUT2D eigenvalue weighted by Gasteiger charge is -2.14. The van der Waals surface area contributed by atoms with Crippen LogP contribution in [0.1, 0.15) is 0 Å². The molecule has 0 spiro atoms. The summed E-state index contributed by atoms with van der Waals surface area (Å²) in [5.74, 6) is 0. The van der Waals surface area contributed by atoms with Crippen molar-refractivity contribution in [2.75, 3.05) is 10.6 Å². The zero-order valence-electron chi connectivity index (χ0n) is 30.9. The fraction of sp³-hybridized carbons (Fsp3) is 0. The Morgan fingerprint density at radius 3 is 0.732 bits per heavy atom. The highest BCUT2D eigenvalue weighted by molar-refractivity contribution is 5.84. The van der Waals surface area contributed by atoms with E-state index in [9.17, 15) is 0 Å². The molecule has 0 aliphatic heterocycles. The molecule has 9 aromatic carbocycles. The van der Waals surface area contributed by atoms with E-state index in [1.165, 1.54) is 66.8 Å². The molecule has 0 saturated heterocycles. The van der Waals surface area contributed by atoms with E-state index in [4.69, 9.17) is 0 Å². The van der Waals surface area contributed by atoms with Gasteiger partial charge in [-0.3, -0.25) is 0 Å². The van der Waals surface area contributed by atoms with Gasteiger partial charge in [-0.15, -0.1) is 0 Å². The third kappa shape index (κ3) is 7.64. The van der Waals surface area contributed by atoms with Crippen LogP contribution in [0.3, 0.4) is 0 Å². The number of benzene rings is 9. The van der Waals surface area contributed by atoms with Gasteiger partial charge in [0.05, 0.1) is 0 Å². The Morgan fingerprint density at radius 2 is 0.411 bits per heavy atom. The number of hydrogen-bond acceptors (Lipinski definition) is 2. The smallest absolute Gasteiger partial charge is 0.0463 e. The first-order chi connectivity index (χ1) is 27.7. The zero-order valence-corrected chi connectivity index (χ0v) is 30.9. The van der Waals surface area contributed by atoms with Crippen LogP contribution in [-0.4, -0.2) is 0 Å². The second kappa shape index (κ2) is 15.9. The summed E-state index contributed by atoms with van der Waals surface area (Å²) in [6, 6.07) is 81.8. The molecule has 0 aromatic heterocycles. The topological polar surface area (TPSA) is 24.1 Å². The summed E-state index contributed by atoms with van der Waals surface area (Å²) >= 11 is 0. The molecule has 0 fully saturated rings. The summed E-state index contributed by atoms with van der Waals surface area (Å²) < 4.78 is 0. The van der Waals surface area contributed by atoms with Crippen molar-refractivity contribution in [1.82, 2.24) is 0 Å². The van der Waals surface area contributed by atoms with E-state index in [-0.39, 0.29) is 0 Å². The lowest BCUT2D eigenvalue weighted by Crippen LogP contribution is -1.93. The van der Waals surface area contributed by atoms with Crippen molar-refractivity contribution in [3.8, 4) is 66.8 Å². The predicted octanol–water partition coefficient (Wildman–Crippen LogP) is 15.2. The molecule has 0 atom stereocenters. The minimum absolute atomic E-state index is 1.05. The molecule has 0 amide bonds. The maximum atomic E-state index is 3.66. The first-order valence-corrected chi connectivity index (χ1v) is 19.1. The van der Waals surface area contributed by atoms with Gasteiger partial charge >= 0.3 is 0 Å². The molecule has 0 aliphatic rings. The summed E-state index contributed by atoms with van der Waals surface area (Å²) in [6.07, 6.45) is 0. The lowest BCUT2D eigenvalue weighted by molar-refractivity contribution is 1.52. The summed E-state index contributed by atoms with van der Waals surface area (Å²) in [5, 5.41) is 7.32. The molecular formula is C54H40N2. The summed E-state index contributed by atoms with van der Waals surface area (Å²) in [4.78, 5) is 0. The number of nitrogens with one attached hydrogen (secondary N) is 2. The largest absolute Gasteiger partial charge is 0.355 e. The van der Waals surface area contributed by atoms with E-state index in [1.807, 2.05) is 0 Å². The van der Waals surface area contributed by atoms with E-state index in [1.54, 1.807) is 0 Å². The molecule has 9 aromatic rings. The molecule has 0 unspecified atom stereocenters. The predicted molar refractivity (Wildman–Crippen MR) is 239 cm³/mol. The van der Waals surface area contributed by atoms with Crippen molar-refractivity contribution in [3.05, 3.63) is 231 Å². The van der Waals surface area contributed by atoms with Gasteiger partial charge in [0.15, 0.2) is 0 Å². The third-order valence-electron chi connectivity index (χ3n) is 10.3. The van der Waals surface area contributed by atoms with Gasteiger partial charge in [-0.1, -0.05) is 194 Å². The first-order valence-electron chi connectivity index (χ1n) is 19.1. The number of anilines is 4. The Bertz CT molecular complexity index is 2470. The molecule has 0 radical (unpaired) electrons. The average Bonchev–Trinajstić information content (AvgIpc) is 3.28. The van der Waals surface area contributed by atoms with Gasteiger partial charge in [-0.2, -0.15) is 0 Å². The maximum Gasteiger partial charge on any atom is 0.0463 e. The van der Waals surface area contributed by atoms with E-state index >= 15 is 0 Å². The van der Waals surface area contributed by atoms with Crippen molar-refractivity contribution in [1.29, 1.82) is 0 Å². The van der Waals surface area contributed by atoms with E-state index in [0.717, 1.165) is 22.7 Å². The standard InChI is InChI=1S/C54H40N2/c1-3-11-39(12-4-1)41-23-27-47(28-24-41)51-15-7-9-17-53(51)55-49-35-31-45(32-36-49)43-19-21-44(22-20-43)46-33-37-50(38-34-46)56-54-18-10-8-16-52(54)48-29-25-42(26-30-48)40-13-5-2-6-14-40/h1-38,55-56H. The van der Waals surface area contributed by atoms with Crippen LogP contribution >= 0.6 is 0 Å². The Morgan fingerprint density at radius 1 is 0.179 bits per heavy atom. The molecular weight excluding hydrogens is 677 g/mol. The summed E-state index contributed by atoms with van der Waals surface area (Å²) in [7, 11) is 0. The third-order valence-corrected chi connectivity index (χ3v) is 10.3. The van der Waals surface area contributed by atoms with E-state index < -0.39 is 0 Å². The highest BCUT2D eigenvalue weighted by Gasteiger charge is 2.09. The highest BCUT2D eigenvalue weighted by Crippen LogP contribution is 2.35. The molecule has 2 N–H and O–H groups in total. The lowest BCUT2D eigenvalue weighted by atomic mass is 9.98. The quantitative estimate of drug-likeness (QED) is 0.147. The first kappa shape index (κ1) is 34.4. The molecule has 0 bridgehead atoms. The second-order valence-corrected chi connectivity index (χ2v) is 14.0. The molecule has 0 heterocycles. The molecule has 0 aliphatic carbocycles. The number of para-hydroxylation sites is 2. The fourth-order valence-corrected chi connectivity index (χ4v) is 7.29. The maximum absolute atomic E-state index is 3.66. The van der Waals surface area contributed by atoms with Crippen LogP contribution in [0, 0.1) is 0 Å². The zero-order chi connectivity index (χ0) is 37.5. The van der Waals surface area contributed by atoms with Crippen LogP contribution in [-0.2, 0) is 0 Å². The minimum Gasteiger partial charge on any atom is -0.355 e. The summed E-state index contributed by atoms with van der Waals surface area (Å²) in [6.45, 7) is 0. The van der Waals surface area contributed by atoms with Crippen molar-refractivity contribution in [2.45, 2.75) is 0 Å². The fourth-order valence-electron chi connectivity index (χ4n) is 7.29. The number of rotatable bonds is 10. The van der Waals surface area contributed by atoms with Gasteiger partial charge in [-0.25, -0.2) is 0 Å². The van der Waals surface area contributed by atoms with Crippen molar-refractivity contribution >= 4 is 22.7 Å². The van der Waals surface area contributed by atoms with Crippen LogP contribution in [0.15, 0.2) is 231 Å². The Hall–Kier alpha value is -7.42.